The lowest BCUT2D eigenvalue weighted by Gasteiger charge is -2.33. The standard InChI is InChI=1S/C14H19NO4S/c1-18-12(16)14(13(17)19-2,10-5-3-4-6-10)7-11-8-20-9-15-11/h8-10H,3-7H2,1-2H3. The molecule has 1 fully saturated rings. The molecule has 0 N–H and O–H groups in total. The quantitative estimate of drug-likeness (QED) is 0.616. The maximum Gasteiger partial charge on any atom is 0.323 e. The van der Waals surface area contributed by atoms with Crippen LogP contribution < -0.4 is 0 Å². The van der Waals surface area contributed by atoms with Gasteiger partial charge < -0.3 is 9.47 Å². The van der Waals surface area contributed by atoms with E-state index in [1.54, 1.807) is 5.51 Å². The van der Waals surface area contributed by atoms with Crippen LogP contribution >= 0.6 is 11.3 Å². The normalized spacial score (nSPS) is 16.1. The van der Waals surface area contributed by atoms with E-state index in [2.05, 4.69) is 4.98 Å². The first-order valence-electron chi connectivity index (χ1n) is 6.69. The number of hydrogen-bond donors (Lipinski definition) is 0. The lowest BCUT2D eigenvalue weighted by atomic mass is 9.71. The zero-order chi connectivity index (χ0) is 14.6. The molecule has 0 bridgehead atoms. The van der Waals surface area contributed by atoms with E-state index in [4.69, 9.17) is 9.47 Å². The summed E-state index contributed by atoms with van der Waals surface area (Å²) in [6.45, 7) is 0. The van der Waals surface area contributed by atoms with Gasteiger partial charge in [0.05, 0.1) is 25.4 Å². The highest BCUT2D eigenvalue weighted by Gasteiger charge is 2.55. The van der Waals surface area contributed by atoms with Crippen LogP contribution in [0.2, 0.25) is 0 Å². The highest BCUT2D eigenvalue weighted by Crippen LogP contribution is 2.44. The van der Waals surface area contributed by atoms with Gasteiger partial charge >= 0.3 is 11.9 Å². The summed E-state index contributed by atoms with van der Waals surface area (Å²) in [5.74, 6) is -1.06. The molecular weight excluding hydrogens is 278 g/mol. The molecule has 1 saturated carbocycles. The molecule has 110 valence electrons. The number of hydrogen-bond acceptors (Lipinski definition) is 6. The fourth-order valence-electron chi connectivity index (χ4n) is 3.10. The third-order valence-electron chi connectivity index (χ3n) is 4.09. The molecule has 1 aromatic rings. The molecule has 2 rings (SSSR count). The first kappa shape index (κ1) is 15.0. The molecule has 0 amide bonds. The Morgan fingerprint density at radius 2 is 1.90 bits per heavy atom. The van der Waals surface area contributed by atoms with Crippen molar-refractivity contribution < 1.29 is 19.1 Å². The number of esters is 2. The minimum atomic E-state index is -1.26. The average molecular weight is 297 g/mol. The maximum atomic E-state index is 12.4. The molecule has 0 spiro atoms. The van der Waals surface area contributed by atoms with E-state index in [9.17, 15) is 9.59 Å². The second-order valence-corrected chi connectivity index (χ2v) is 5.81. The third-order valence-corrected chi connectivity index (χ3v) is 4.73. The van der Waals surface area contributed by atoms with Crippen LogP contribution in [0.15, 0.2) is 10.9 Å². The van der Waals surface area contributed by atoms with Crippen molar-refractivity contribution in [1.29, 1.82) is 0 Å². The van der Waals surface area contributed by atoms with Gasteiger partial charge in [-0.2, -0.15) is 0 Å². The number of rotatable bonds is 5. The molecule has 0 aliphatic heterocycles. The fourth-order valence-corrected chi connectivity index (χ4v) is 3.66. The van der Waals surface area contributed by atoms with Gasteiger partial charge in [-0.1, -0.05) is 12.8 Å². The van der Waals surface area contributed by atoms with Crippen LogP contribution in [-0.4, -0.2) is 31.1 Å². The minimum absolute atomic E-state index is 0.0379. The van der Waals surface area contributed by atoms with Crippen LogP contribution in [0.4, 0.5) is 0 Å². The van der Waals surface area contributed by atoms with Crippen molar-refractivity contribution in [3.05, 3.63) is 16.6 Å². The molecule has 1 aliphatic carbocycles. The maximum absolute atomic E-state index is 12.4. The second-order valence-electron chi connectivity index (χ2n) is 5.09. The zero-order valence-corrected chi connectivity index (χ0v) is 12.6. The highest BCUT2D eigenvalue weighted by atomic mass is 32.1. The summed E-state index contributed by atoms with van der Waals surface area (Å²) in [5, 5.41) is 1.86. The SMILES string of the molecule is COC(=O)C(Cc1cscn1)(C(=O)OC)C1CCCC1. The molecule has 0 atom stereocenters. The highest BCUT2D eigenvalue weighted by molar-refractivity contribution is 7.07. The van der Waals surface area contributed by atoms with Gasteiger partial charge in [-0.05, 0) is 18.8 Å². The summed E-state index contributed by atoms with van der Waals surface area (Å²) in [4.78, 5) is 29.0. The van der Waals surface area contributed by atoms with Crippen molar-refractivity contribution in [2.75, 3.05) is 14.2 Å². The second kappa shape index (κ2) is 6.35. The molecule has 0 saturated heterocycles. The molecule has 5 nitrogen and oxygen atoms in total. The molecule has 1 aliphatic rings. The monoisotopic (exact) mass is 297 g/mol. The summed E-state index contributed by atoms with van der Waals surface area (Å²) in [6, 6.07) is 0. The van der Waals surface area contributed by atoms with Gasteiger partial charge in [0.25, 0.3) is 0 Å². The minimum Gasteiger partial charge on any atom is -0.468 e. The Labute approximate surface area is 122 Å². The van der Waals surface area contributed by atoms with Crippen molar-refractivity contribution in [3.8, 4) is 0 Å². The average Bonchev–Trinajstić information content (AvgIpc) is 3.15. The summed E-state index contributed by atoms with van der Waals surface area (Å²) in [5.41, 5.74) is 1.18. The molecule has 0 aromatic carbocycles. The van der Waals surface area contributed by atoms with Gasteiger partial charge in [-0.25, -0.2) is 4.98 Å². The van der Waals surface area contributed by atoms with Gasteiger partial charge in [0, 0.05) is 11.8 Å². The first-order valence-corrected chi connectivity index (χ1v) is 7.63. The van der Waals surface area contributed by atoms with Crippen LogP contribution in [0.3, 0.4) is 0 Å². The molecule has 1 heterocycles. The number of ether oxygens (including phenoxy) is 2. The predicted molar refractivity (Wildman–Crippen MR) is 74.2 cm³/mol. The van der Waals surface area contributed by atoms with Gasteiger partial charge in [-0.15, -0.1) is 11.3 Å². The number of methoxy groups -OCH3 is 2. The van der Waals surface area contributed by atoms with Crippen molar-refractivity contribution in [3.63, 3.8) is 0 Å². The van der Waals surface area contributed by atoms with Gasteiger partial charge in [-0.3, -0.25) is 9.59 Å². The van der Waals surface area contributed by atoms with Crippen LogP contribution in [0.1, 0.15) is 31.4 Å². The van der Waals surface area contributed by atoms with Gasteiger partial charge in [0.1, 0.15) is 0 Å². The zero-order valence-electron chi connectivity index (χ0n) is 11.8. The van der Waals surface area contributed by atoms with E-state index in [0.29, 0.717) is 0 Å². The van der Waals surface area contributed by atoms with E-state index in [0.717, 1.165) is 31.4 Å². The predicted octanol–water partition coefficient (Wildman–Crippen LogP) is 2.21. The number of aromatic nitrogens is 1. The molecule has 0 unspecified atom stereocenters. The summed E-state index contributed by atoms with van der Waals surface area (Å²) < 4.78 is 9.87. The third kappa shape index (κ3) is 2.57. The molecule has 6 heteroatoms. The van der Waals surface area contributed by atoms with Gasteiger partial charge in [0.2, 0.25) is 0 Å². The van der Waals surface area contributed by atoms with Crippen molar-refractivity contribution in [2.45, 2.75) is 32.1 Å². The molecular formula is C14H19NO4S. The van der Waals surface area contributed by atoms with Crippen LogP contribution in [0.5, 0.6) is 0 Å². The molecule has 1 aromatic heterocycles. The smallest absolute Gasteiger partial charge is 0.323 e. The van der Waals surface area contributed by atoms with E-state index < -0.39 is 17.4 Å². The number of nitrogens with zero attached hydrogens (tertiary/aromatic N) is 1. The van der Waals surface area contributed by atoms with E-state index in [-0.39, 0.29) is 12.3 Å². The Balaban J connectivity index is 2.41. The van der Waals surface area contributed by atoms with Crippen LogP contribution in [-0.2, 0) is 25.5 Å². The summed E-state index contributed by atoms with van der Waals surface area (Å²) in [7, 11) is 2.63. The molecule has 0 radical (unpaired) electrons. The number of thiazole rings is 1. The lowest BCUT2D eigenvalue weighted by Crippen LogP contribution is -2.48. The van der Waals surface area contributed by atoms with Crippen molar-refractivity contribution in [2.24, 2.45) is 11.3 Å². The van der Waals surface area contributed by atoms with E-state index in [1.807, 2.05) is 5.38 Å². The van der Waals surface area contributed by atoms with Crippen LogP contribution in [0.25, 0.3) is 0 Å². The Morgan fingerprint density at radius 3 is 2.35 bits per heavy atom. The Hall–Kier alpha value is -1.43. The Morgan fingerprint density at radius 1 is 1.30 bits per heavy atom. The van der Waals surface area contributed by atoms with E-state index in [1.165, 1.54) is 25.6 Å². The van der Waals surface area contributed by atoms with Gasteiger partial charge in [0.15, 0.2) is 5.41 Å². The first-order chi connectivity index (χ1) is 9.65. The largest absolute Gasteiger partial charge is 0.468 e. The fraction of sp³-hybridized carbons (Fsp3) is 0.643. The van der Waals surface area contributed by atoms with Crippen LogP contribution in [0, 0.1) is 11.3 Å². The van der Waals surface area contributed by atoms with E-state index >= 15 is 0 Å². The number of carbonyl (C=O) groups excluding carboxylic acids is 2. The summed E-state index contributed by atoms with van der Waals surface area (Å²) in [6.07, 6.45) is 3.98. The number of carbonyl (C=O) groups is 2. The lowest BCUT2D eigenvalue weighted by molar-refractivity contribution is -0.174. The Bertz CT molecular complexity index is 450. The van der Waals surface area contributed by atoms with Crippen molar-refractivity contribution in [1.82, 2.24) is 4.98 Å². The van der Waals surface area contributed by atoms with Crippen molar-refractivity contribution >= 4 is 23.3 Å². The topological polar surface area (TPSA) is 65.5 Å². The summed E-state index contributed by atoms with van der Waals surface area (Å²) >= 11 is 1.45. The molecule has 20 heavy (non-hydrogen) atoms. The Kier molecular flexibility index (Phi) is 4.75.